The standard InChI is InChI=1S/C22H29F2N5O/c1-22(2,3)18-13-19-26-16(12-17(20(23)24)29(19)27-18)14-7-10-28(11-8-14)21(30)15-6-4-5-9-25-15/h4-6,9,13-14,16-17,20,26H,7-8,10-12H2,1-3H3/t16-,17+/m0/s1. The Balaban J connectivity index is 1.45. The fraction of sp³-hybridized carbons (Fsp3) is 0.591. The number of anilines is 1. The van der Waals surface area contributed by atoms with Gasteiger partial charge < -0.3 is 10.2 Å². The van der Waals surface area contributed by atoms with Crippen LogP contribution < -0.4 is 5.32 Å². The van der Waals surface area contributed by atoms with E-state index in [2.05, 4.69) is 15.4 Å². The van der Waals surface area contributed by atoms with Gasteiger partial charge >= 0.3 is 0 Å². The van der Waals surface area contributed by atoms with Gasteiger partial charge in [0.1, 0.15) is 17.6 Å². The molecule has 8 heteroatoms. The highest BCUT2D eigenvalue weighted by Gasteiger charge is 2.39. The number of carbonyl (C=O) groups excluding carboxylic acids is 1. The first-order valence-electron chi connectivity index (χ1n) is 10.6. The van der Waals surface area contributed by atoms with Crippen molar-refractivity contribution in [3.63, 3.8) is 0 Å². The van der Waals surface area contributed by atoms with Gasteiger partial charge in [0, 0.05) is 36.8 Å². The topological polar surface area (TPSA) is 63.1 Å². The van der Waals surface area contributed by atoms with E-state index in [9.17, 15) is 13.6 Å². The van der Waals surface area contributed by atoms with Gasteiger partial charge in [0.2, 0.25) is 0 Å². The number of nitrogens with one attached hydrogen (secondary N) is 1. The van der Waals surface area contributed by atoms with Crippen LogP contribution in [0.2, 0.25) is 0 Å². The van der Waals surface area contributed by atoms with Gasteiger partial charge in [0.05, 0.1) is 5.69 Å². The minimum absolute atomic E-state index is 0.0480. The predicted octanol–water partition coefficient (Wildman–Crippen LogP) is 4.12. The number of hydrogen-bond acceptors (Lipinski definition) is 4. The fourth-order valence-electron chi connectivity index (χ4n) is 4.41. The highest BCUT2D eigenvalue weighted by Crippen LogP contribution is 2.38. The molecule has 2 aromatic heterocycles. The minimum atomic E-state index is -2.47. The summed E-state index contributed by atoms with van der Waals surface area (Å²) in [6.45, 7) is 7.33. The molecule has 0 radical (unpaired) electrons. The van der Waals surface area contributed by atoms with E-state index in [0.717, 1.165) is 18.5 Å². The van der Waals surface area contributed by atoms with E-state index >= 15 is 0 Å². The van der Waals surface area contributed by atoms with E-state index in [1.165, 1.54) is 4.68 Å². The van der Waals surface area contributed by atoms with E-state index in [-0.39, 0.29) is 23.3 Å². The van der Waals surface area contributed by atoms with Crippen LogP contribution in [0, 0.1) is 5.92 Å². The number of piperidine rings is 1. The number of fused-ring (bicyclic) bond motifs is 1. The summed E-state index contributed by atoms with van der Waals surface area (Å²) in [7, 11) is 0. The molecule has 0 bridgehead atoms. The zero-order valence-corrected chi connectivity index (χ0v) is 17.7. The first kappa shape index (κ1) is 20.8. The number of pyridine rings is 1. The van der Waals surface area contributed by atoms with Crippen LogP contribution in [-0.2, 0) is 5.41 Å². The van der Waals surface area contributed by atoms with Crippen molar-refractivity contribution < 1.29 is 13.6 Å². The highest BCUT2D eigenvalue weighted by molar-refractivity contribution is 5.92. The van der Waals surface area contributed by atoms with Crippen LogP contribution in [0.4, 0.5) is 14.6 Å². The largest absolute Gasteiger partial charge is 0.367 e. The summed E-state index contributed by atoms with van der Waals surface area (Å²) >= 11 is 0. The van der Waals surface area contributed by atoms with Crippen LogP contribution in [0.1, 0.15) is 62.3 Å². The molecule has 2 aliphatic rings. The lowest BCUT2D eigenvalue weighted by atomic mass is 9.85. The zero-order chi connectivity index (χ0) is 21.5. The Hall–Kier alpha value is -2.51. The molecule has 2 aliphatic heterocycles. The van der Waals surface area contributed by atoms with Crippen molar-refractivity contribution in [2.24, 2.45) is 5.92 Å². The van der Waals surface area contributed by atoms with Crippen LogP contribution >= 0.6 is 0 Å². The van der Waals surface area contributed by atoms with Crippen molar-refractivity contribution >= 4 is 11.7 Å². The van der Waals surface area contributed by atoms with Gasteiger partial charge in [0.25, 0.3) is 12.3 Å². The molecule has 0 aromatic carbocycles. The molecular formula is C22H29F2N5O. The fourth-order valence-corrected chi connectivity index (χ4v) is 4.41. The lowest BCUT2D eigenvalue weighted by Crippen LogP contribution is -2.46. The maximum atomic E-state index is 13.9. The van der Waals surface area contributed by atoms with Crippen molar-refractivity contribution in [3.05, 3.63) is 41.9 Å². The molecule has 30 heavy (non-hydrogen) atoms. The highest BCUT2D eigenvalue weighted by atomic mass is 19.3. The first-order chi connectivity index (χ1) is 14.2. The molecule has 0 saturated carbocycles. The quantitative estimate of drug-likeness (QED) is 0.816. The SMILES string of the molecule is CC(C)(C)c1cc2n(n1)[C@@H](C(F)F)C[C@@H](C1CCN(C(=O)c3ccccn3)CC1)N2. The smallest absolute Gasteiger partial charge is 0.272 e. The molecule has 2 aromatic rings. The van der Waals surface area contributed by atoms with Crippen LogP contribution in [0.15, 0.2) is 30.5 Å². The van der Waals surface area contributed by atoms with Crippen LogP contribution in [0.25, 0.3) is 0 Å². The van der Waals surface area contributed by atoms with E-state index in [4.69, 9.17) is 0 Å². The van der Waals surface area contributed by atoms with Crippen LogP contribution in [-0.4, -0.2) is 51.1 Å². The van der Waals surface area contributed by atoms with Crippen molar-refractivity contribution in [1.82, 2.24) is 19.7 Å². The summed E-state index contributed by atoms with van der Waals surface area (Å²) in [5.74, 6) is 0.846. The van der Waals surface area contributed by atoms with Crippen molar-refractivity contribution in [2.45, 2.75) is 64.0 Å². The third kappa shape index (κ3) is 4.04. The number of carbonyl (C=O) groups is 1. The van der Waals surface area contributed by atoms with Crippen molar-refractivity contribution in [1.29, 1.82) is 0 Å². The van der Waals surface area contributed by atoms with Gasteiger partial charge in [-0.05, 0) is 37.3 Å². The Bertz CT molecular complexity index is 885. The Morgan fingerprint density at radius 2 is 1.97 bits per heavy atom. The minimum Gasteiger partial charge on any atom is -0.367 e. The monoisotopic (exact) mass is 417 g/mol. The first-order valence-corrected chi connectivity index (χ1v) is 10.6. The number of hydrogen-bond donors (Lipinski definition) is 1. The third-order valence-electron chi connectivity index (χ3n) is 6.22. The molecule has 6 nitrogen and oxygen atoms in total. The molecule has 162 valence electrons. The average Bonchev–Trinajstić information content (AvgIpc) is 3.18. The lowest BCUT2D eigenvalue weighted by molar-refractivity contribution is 0.0535. The number of nitrogens with zero attached hydrogens (tertiary/aromatic N) is 4. The van der Waals surface area contributed by atoms with Gasteiger partial charge in [-0.15, -0.1) is 0 Å². The molecule has 2 atom stereocenters. The molecule has 1 amide bonds. The molecule has 4 rings (SSSR count). The summed E-state index contributed by atoms with van der Waals surface area (Å²) < 4.78 is 29.2. The third-order valence-corrected chi connectivity index (χ3v) is 6.22. The van der Waals surface area contributed by atoms with Gasteiger partial charge in [-0.2, -0.15) is 5.10 Å². The lowest BCUT2D eigenvalue weighted by Gasteiger charge is -2.40. The Kier molecular flexibility index (Phi) is 5.51. The summed E-state index contributed by atoms with van der Waals surface area (Å²) in [5.41, 5.74) is 1.06. The van der Waals surface area contributed by atoms with Gasteiger partial charge in [-0.25, -0.2) is 13.5 Å². The molecular weight excluding hydrogens is 388 g/mol. The molecule has 4 heterocycles. The number of amides is 1. The van der Waals surface area contributed by atoms with E-state index in [0.29, 0.717) is 31.0 Å². The van der Waals surface area contributed by atoms with E-state index < -0.39 is 12.5 Å². The van der Waals surface area contributed by atoms with Crippen molar-refractivity contribution in [3.8, 4) is 0 Å². The molecule has 0 aliphatic carbocycles. The molecule has 1 saturated heterocycles. The van der Waals surface area contributed by atoms with Crippen LogP contribution in [0.5, 0.6) is 0 Å². The Morgan fingerprint density at radius 3 is 2.57 bits per heavy atom. The number of likely N-dealkylation sites (tertiary alicyclic amines) is 1. The summed E-state index contributed by atoms with van der Waals surface area (Å²) in [6, 6.07) is 6.24. The average molecular weight is 418 g/mol. The maximum Gasteiger partial charge on any atom is 0.272 e. The predicted molar refractivity (Wildman–Crippen MR) is 111 cm³/mol. The van der Waals surface area contributed by atoms with E-state index in [1.54, 1.807) is 24.4 Å². The van der Waals surface area contributed by atoms with Gasteiger partial charge in [-0.3, -0.25) is 9.78 Å². The number of halogens is 2. The van der Waals surface area contributed by atoms with Gasteiger partial charge in [0.15, 0.2) is 0 Å². The number of rotatable bonds is 3. The molecule has 1 fully saturated rings. The maximum absolute atomic E-state index is 13.9. The van der Waals surface area contributed by atoms with Crippen molar-refractivity contribution in [2.75, 3.05) is 18.4 Å². The summed E-state index contributed by atoms with van der Waals surface area (Å²) in [6.07, 6.45) is 1.06. The van der Waals surface area contributed by atoms with Gasteiger partial charge in [-0.1, -0.05) is 26.8 Å². The molecule has 0 spiro atoms. The van der Waals surface area contributed by atoms with Crippen LogP contribution in [0.3, 0.4) is 0 Å². The Morgan fingerprint density at radius 1 is 1.23 bits per heavy atom. The summed E-state index contributed by atoms with van der Waals surface area (Å²) in [5, 5.41) is 7.96. The normalized spacial score (nSPS) is 22.7. The summed E-state index contributed by atoms with van der Waals surface area (Å²) in [4.78, 5) is 18.6. The second-order valence-corrected chi connectivity index (χ2v) is 9.34. The second-order valence-electron chi connectivity index (χ2n) is 9.34. The molecule has 1 N–H and O–H groups in total. The van der Waals surface area contributed by atoms with E-state index in [1.807, 2.05) is 31.7 Å². The Labute approximate surface area is 175 Å². The zero-order valence-electron chi connectivity index (χ0n) is 17.7. The number of alkyl halides is 2. The molecule has 0 unspecified atom stereocenters. The number of aromatic nitrogens is 3. The second kappa shape index (κ2) is 7.96.